The summed E-state index contributed by atoms with van der Waals surface area (Å²) in [6.07, 6.45) is 5.41. The number of ketones is 1. The van der Waals surface area contributed by atoms with E-state index in [2.05, 4.69) is 13.8 Å². The topological polar surface area (TPSA) is 17.1 Å². The predicted molar refractivity (Wildman–Crippen MR) is 46.4 cm³/mol. The first-order valence-electron chi connectivity index (χ1n) is 4.79. The molecule has 0 radical (unpaired) electrons. The Hall–Kier alpha value is -0.330. The molecule has 2 unspecified atom stereocenters. The lowest BCUT2D eigenvalue weighted by atomic mass is 9.90. The van der Waals surface area contributed by atoms with Gasteiger partial charge in [-0.2, -0.15) is 0 Å². The molecule has 0 aromatic carbocycles. The van der Waals surface area contributed by atoms with Crippen LogP contribution < -0.4 is 0 Å². The summed E-state index contributed by atoms with van der Waals surface area (Å²) in [7, 11) is 0. The average Bonchev–Trinajstić information content (AvgIpc) is 2.32. The van der Waals surface area contributed by atoms with Crippen LogP contribution in [-0.2, 0) is 4.79 Å². The smallest absolute Gasteiger partial charge is 0.133 e. The largest absolute Gasteiger partial charge is 0.300 e. The first-order valence-corrected chi connectivity index (χ1v) is 4.79. The van der Waals surface area contributed by atoms with Crippen molar-refractivity contribution in [3.05, 3.63) is 0 Å². The highest BCUT2D eigenvalue weighted by Crippen LogP contribution is 2.34. The summed E-state index contributed by atoms with van der Waals surface area (Å²) in [4.78, 5) is 11.1. The van der Waals surface area contributed by atoms with Crippen LogP contribution in [0.1, 0.15) is 46.0 Å². The van der Waals surface area contributed by atoms with E-state index in [9.17, 15) is 4.79 Å². The van der Waals surface area contributed by atoms with Crippen molar-refractivity contribution in [1.82, 2.24) is 0 Å². The van der Waals surface area contributed by atoms with Gasteiger partial charge in [-0.1, -0.05) is 33.1 Å². The molecule has 0 bridgehead atoms. The minimum atomic E-state index is 0.496. The first-order chi connectivity index (χ1) is 5.27. The van der Waals surface area contributed by atoms with Crippen molar-refractivity contribution in [2.45, 2.75) is 46.0 Å². The lowest BCUT2D eigenvalue weighted by Crippen LogP contribution is -2.05. The van der Waals surface area contributed by atoms with Crippen LogP contribution in [0.3, 0.4) is 0 Å². The van der Waals surface area contributed by atoms with Gasteiger partial charge in [0.2, 0.25) is 0 Å². The van der Waals surface area contributed by atoms with Gasteiger partial charge in [0.25, 0.3) is 0 Å². The second-order valence-electron chi connectivity index (χ2n) is 3.66. The molecule has 0 saturated heterocycles. The van der Waals surface area contributed by atoms with E-state index >= 15 is 0 Å². The van der Waals surface area contributed by atoms with Crippen molar-refractivity contribution >= 4 is 5.78 Å². The van der Waals surface area contributed by atoms with Crippen LogP contribution in [0.4, 0.5) is 0 Å². The van der Waals surface area contributed by atoms with Gasteiger partial charge in [-0.15, -0.1) is 0 Å². The van der Waals surface area contributed by atoms with Gasteiger partial charge >= 0.3 is 0 Å². The molecular weight excluding hydrogens is 136 g/mol. The maximum atomic E-state index is 11.1. The Morgan fingerprint density at radius 1 is 1.27 bits per heavy atom. The number of hydrogen-bond donors (Lipinski definition) is 0. The minimum Gasteiger partial charge on any atom is -0.300 e. The molecule has 0 aromatic heterocycles. The molecule has 0 aliphatic heterocycles. The van der Waals surface area contributed by atoms with Crippen molar-refractivity contribution in [3.8, 4) is 0 Å². The summed E-state index contributed by atoms with van der Waals surface area (Å²) in [5.74, 6) is 1.93. The highest BCUT2D eigenvalue weighted by molar-refractivity contribution is 5.81. The second kappa shape index (κ2) is 3.89. The Kier molecular flexibility index (Phi) is 3.10. The fourth-order valence-electron chi connectivity index (χ4n) is 2.19. The number of rotatable bonds is 3. The zero-order valence-corrected chi connectivity index (χ0v) is 7.60. The van der Waals surface area contributed by atoms with Gasteiger partial charge in [-0.3, -0.25) is 4.79 Å². The van der Waals surface area contributed by atoms with E-state index in [1.54, 1.807) is 0 Å². The molecule has 11 heavy (non-hydrogen) atoms. The second-order valence-corrected chi connectivity index (χ2v) is 3.66. The van der Waals surface area contributed by atoms with E-state index in [0.29, 0.717) is 11.7 Å². The van der Waals surface area contributed by atoms with Gasteiger partial charge in [0.05, 0.1) is 0 Å². The van der Waals surface area contributed by atoms with Crippen molar-refractivity contribution in [1.29, 1.82) is 0 Å². The highest BCUT2D eigenvalue weighted by atomic mass is 16.1. The van der Waals surface area contributed by atoms with Gasteiger partial charge in [-0.05, 0) is 11.8 Å². The van der Waals surface area contributed by atoms with E-state index in [-0.39, 0.29) is 0 Å². The fraction of sp³-hybridized carbons (Fsp3) is 0.900. The van der Waals surface area contributed by atoms with Gasteiger partial charge < -0.3 is 0 Å². The summed E-state index contributed by atoms with van der Waals surface area (Å²) >= 11 is 0. The monoisotopic (exact) mass is 154 g/mol. The van der Waals surface area contributed by atoms with Crippen LogP contribution in [0.15, 0.2) is 0 Å². The van der Waals surface area contributed by atoms with Gasteiger partial charge in [0, 0.05) is 12.8 Å². The van der Waals surface area contributed by atoms with Crippen LogP contribution in [0.2, 0.25) is 0 Å². The molecule has 1 saturated carbocycles. The van der Waals surface area contributed by atoms with E-state index in [0.717, 1.165) is 18.8 Å². The molecule has 0 heterocycles. The van der Waals surface area contributed by atoms with Crippen LogP contribution >= 0.6 is 0 Å². The molecule has 1 rings (SSSR count). The standard InChI is InChI=1S/C10H18O/c1-3-5-9-7-10(11)6-8(9)4-2/h8-9H,3-7H2,1-2H3. The van der Waals surface area contributed by atoms with Crippen LogP contribution in [0, 0.1) is 11.8 Å². The van der Waals surface area contributed by atoms with Crippen LogP contribution in [0.5, 0.6) is 0 Å². The van der Waals surface area contributed by atoms with E-state index < -0.39 is 0 Å². The quantitative estimate of drug-likeness (QED) is 0.611. The average molecular weight is 154 g/mol. The van der Waals surface area contributed by atoms with E-state index in [1.165, 1.54) is 19.3 Å². The number of carbonyl (C=O) groups excluding carboxylic acids is 1. The van der Waals surface area contributed by atoms with Gasteiger partial charge in [0.15, 0.2) is 0 Å². The van der Waals surface area contributed by atoms with Gasteiger partial charge in [0.1, 0.15) is 5.78 Å². The summed E-state index contributed by atoms with van der Waals surface area (Å²) in [6.45, 7) is 4.40. The molecule has 1 heteroatoms. The van der Waals surface area contributed by atoms with E-state index in [4.69, 9.17) is 0 Å². The van der Waals surface area contributed by atoms with Crippen molar-refractivity contribution in [2.24, 2.45) is 11.8 Å². The summed E-state index contributed by atoms with van der Waals surface area (Å²) in [5.41, 5.74) is 0. The summed E-state index contributed by atoms with van der Waals surface area (Å²) in [5, 5.41) is 0. The minimum absolute atomic E-state index is 0.496. The molecule has 0 amide bonds. The van der Waals surface area contributed by atoms with E-state index in [1.807, 2.05) is 0 Å². The summed E-state index contributed by atoms with van der Waals surface area (Å²) in [6, 6.07) is 0. The van der Waals surface area contributed by atoms with Crippen LogP contribution in [-0.4, -0.2) is 5.78 Å². The highest BCUT2D eigenvalue weighted by Gasteiger charge is 2.30. The molecule has 0 N–H and O–H groups in total. The zero-order chi connectivity index (χ0) is 8.27. The number of hydrogen-bond acceptors (Lipinski definition) is 1. The third-order valence-electron chi connectivity index (χ3n) is 2.83. The van der Waals surface area contributed by atoms with Gasteiger partial charge in [-0.25, -0.2) is 0 Å². The molecular formula is C10H18O. The Morgan fingerprint density at radius 3 is 2.45 bits per heavy atom. The molecule has 1 aliphatic carbocycles. The third-order valence-corrected chi connectivity index (χ3v) is 2.83. The predicted octanol–water partition coefficient (Wildman–Crippen LogP) is 2.79. The number of Topliss-reactive ketones (excluding diaryl/α,β-unsaturated/α-hetero) is 1. The Labute approximate surface area is 69.2 Å². The molecule has 1 nitrogen and oxygen atoms in total. The molecule has 1 fully saturated rings. The van der Waals surface area contributed by atoms with Crippen molar-refractivity contribution in [2.75, 3.05) is 0 Å². The lowest BCUT2D eigenvalue weighted by Gasteiger charge is -2.14. The zero-order valence-electron chi connectivity index (χ0n) is 7.60. The molecule has 2 atom stereocenters. The van der Waals surface area contributed by atoms with Crippen molar-refractivity contribution in [3.63, 3.8) is 0 Å². The maximum absolute atomic E-state index is 11.1. The summed E-state index contributed by atoms with van der Waals surface area (Å²) < 4.78 is 0. The lowest BCUT2D eigenvalue weighted by molar-refractivity contribution is -0.117. The molecule has 1 aliphatic rings. The fourth-order valence-corrected chi connectivity index (χ4v) is 2.19. The normalized spacial score (nSPS) is 31.3. The first kappa shape index (κ1) is 8.76. The molecule has 64 valence electrons. The Balaban J connectivity index is 2.43. The van der Waals surface area contributed by atoms with Crippen molar-refractivity contribution < 1.29 is 4.79 Å². The maximum Gasteiger partial charge on any atom is 0.133 e. The Morgan fingerprint density at radius 2 is 1.91 bits per heavy atom. The Bertz CT molecular complexity index is 140. The SMILES string of the molecule is CCCC1CC(=O)CC1CC. The van der Waals surface area contributed by atoms with Crippen LogP contribution in [0.25, 0.3) is 0 Å². The molecule has 0 spiro atoms. The third kappa shape index (κ3) is 2.05. The molecule has 0 aromatic rings. The number of carbonyl (C=O) groups is 1.